The number of hydrogen-bond acceptors (Lipinski definition) is 4. The summed E-state index contributed by atoms with van der Waals surface area (Å²) in [5.74, 6) is 0.319. The fourth-order valence-electron chi connectivity index (χ4n) is 6.72. The molecule has 5 aromatic rings. The lowest BCUT2D eigenvalue weighted by molar-refractivity contribution is -0.0905. The second-order valence-corrected chi connectivity index (χ2v) is 11.3. The van der Waals surface area contributed by atoms with Gasteiger partial charge in [-0.15, -0.1) is 0 Å². The minimum atomic E-state index is -1.75. The van der Waals surface area contributed by atoms with Crippen LogP contribution in [0.1, 0.15) is 50.6 Å². The number of nitrogens with zero attached hydrogens (tertiary/aromatic N) is 1. The zero-order valence-corrected chi connectivity index (χ0v) is 23.1. The predicted molar refractivity (Wildman–Crippen MR) is 156 cm³/mol. The number of nitrogens with one attached hydrogen (secondary N) is 1. The first-order valence-electron chi connectivity index (χ1n) is 13.3. The minimum absolute atomic E-state index is 0.307. The van der Waals surface area contributed by atoms with Gasteiger partial charge in [0.15, 0.2) is 11.2 Å². The molecule has 1 aliphatic heterocycles. The molecule has 4 aromatic carbocycles. The zero-order chi connectivity index (χ0) is 27.8. The van der Waals surface area contributed by atoms with Gasteiger partial charge in [0.2, 0.25) is 0 Å². The third-order valence-corrected chi connectivity index (χ3v) is 8.59. The van der Waals surface area contributed by atoms with E-state index in [0.29, 0.717) is 39.0 Å². The van der Waals surface area contributed by atoms with Gasteiger partial charge in [0, 0.05) is 21.7 Å². The molecule has 7 rings (SSSR count). The molecule has 6 heteroatoms. The second-order valence-electron chi connectivity index (χ2n) is 10.9. The van der Waals surface area contributed by atoms with Crippen LogP contribution in [0.4, 0.5) is 0 Å². The van der Waals surface area contributed by atoms with Crippen molar-refractivity contribution >= 4 is 11.6 Å². The molecule has 1 aliphatic carbocycles. The maximum atomic E-state index is 14.1. The summed E-state index contributed by atoms with van der Waals surface area (Å²) in [4.78, 5) is 22.1. The van der Waals surface area contributed by atoms with E-state index in [0.717, 1.165) is 27.8 Å². The predicted octanol–water partition coefficient (Wildman–Crippen LogP) is 6.68. The average Bonchev–Trinajstić information content (AvgIpc) is 3.32. The summed E-state index contributed by atoms with van der Waals surface area (Å²) in [6.45, 7) is 6.01. The van der Waals surface area contributed by atoms with Crippen LogP contribution in [0, 0.1) is 20.8 Å². The van der Waals surface area contributed by atoms with E-state index in [1.54, 1.807) is 12.1 Å². The summed E-state index contributed by atoms with van der Waals surface area (Å²) in [5.41, 5.74) is 3.21. The SMILES string of the molecule is Cc1ccc([C@@]23Oc4cc(C)cc(C)c4[C@]2(O)c2nc(-c4ccc(Cl)cc4)[nH]c(=O)c2[C@H]3c2ccccc2)cc1. The van der Waals surface area contributed by atoms with E-state index < -0.39 is 17.1 Å². The molecule has 0 spiro atoms. The minimum Gasteiger partial charge on any atom is -0.477 e. The smallest absolute Gasteiger partial charge is 0.255 e. The first-order valence-corrected chi connectivity index (χ1v) is 13.7. The molecule has 5 nitrogen and oxygen atoms in total. The number of halogens is 1. The summed E-state index contributed by atoms with van der Waals surface area (Å²) in [6.07, 6.45) is 0. The molecule has 198 valence electrons. The molecule has 0 unspecified atom stereocenters. The van der Waals surface area contributed by atoms with Crippen molar-refractivity contribution in [1.29, 1.82) is 0 Å². The largest absolute Gasteiger partial charge is 0.477 e. The molecule has 0 saturated heterocycles. The van der Waals surface area contributed by atoms with Crippen molar-refractivity contribution in [3.05, 3.63) is 151 Å². The summed E-state index contributed by atoms with van der Waals surface area (Å²) in [7, 11) is 0. The van der Waals surface area contributed by atoms with Gasteiger partial charge in [-0.05, 0) is 67.8 Å². The highest BCUT2D eigenvalue weighted by Crippen LogP contribution is 2.68. The molecule has 0 saturated carbocycles. The van der Waals surface area contributed by atoms with Gasteiger partial charge in [-0.25, -0.2) is 4.98 Å². The Labute approximate surface area is 237 Å². The number of aromatic nitrogens is 2. The van der Waals surface area contributed by atoms with Crippen LogP contribution in [-0.2, 0) is 11.2 Å². The van der Waals surface area contributed by atoms with Crippen molar-refractivity contribution in [3.8, 4) is 17.1 Å². The van der Waals surface area contributed by atoms with Crippen LogP contribution in [0.25, 0.3) is 11.4 Å². The van der Waals surface area contributed by atoms with Crippen molar-refractivity contribution < 1.29 is 9.84 Å². The van der Waals surface area contributed by atoms with E-state index >= 15 is 0 Å². The summed E-state index contributed by atoms with van der Waals surface area (Å²) < 4.78 is 7.01. The first-order chi connectivity index (χ1) is 19.2. The molecule has 0 radical (unpaired) electrons. The molecule has 3 atom stereocenters. The van der Waals surface area contributed by atoms with E-state index in [9.17, 15) is 9.90 Å². The van der Waals surface area contributed by atoms with Crippen molar-refractivity contribution in [1.82, 2.24) is 9.97 Å². The van der Waals surface area contributed by atoms with Crippen molar-refractivity contribution in [2.24, 2.45) is 0 Å². The fourth-order valence-corrected chi connectivity index (χ4v) is 6.85. The quantitative estimate of drug-likeness (QED) is 0.264. The molecule has 0 fully saturated rings. The zero-order valence-electron chi connectivity index (χ0n) is 22.3. The number of aromatic amines is 1. The van der Waals surface area contributed by atoms with Crippen LogP contribution in [0.15, 0.2) is 95.8 Å². The van der Waals surface area contributed by atoms with E-state index in [2.05, 4.69) is 4.98 Å². The number of benzene rings is 4. The molecule has 2 aliphatic rings. The summed E-state index contributed by atoms with van der Waals surface area (Å²) >= 11 is 6.14. The van der Waals surface area contributed by atoms with Crippen LogP contribution >= 0.6 is 11.6 Å². The number of aliphatic hydroxyl groups is 1. The van der Waals surface area contributed by atoms with E-state index in [4.69, 9.17) is 21.3 Å². The molecule has 2 N–H and O–H groups in total. The molecule has 2 heterocycles. The molecule has 1 aromatic heterocycles. The highest BCUT2D eigenvalue weighted by atomic mass is 35.5. The monoisotopic (exact) mass is 546 g/mol. The lowest BCUT2D eigenvalue weighted by atomic mass is 9.69. The number of hydrogen-bond donors (Lipinski definition) is 2. The van der Waals surface area contributed by atoms with Crippen LogP contribution in [0.5, 0.6) is 5.75 Å². The lowest BCUT2D eigenvalue weighted by Gasteiger charge is -2.40. The van der Waals surface area contributed by atoms with Gasteiger partial charge in [-0.1, -0.05) is 77.8 Å². The molecule has 40 heavy (non-hydrogen) atoms. The third kappa shape index (κ3) is 3.25. The molecular weight excluding hydrogens is 520 g/mol. The van der Waals surface area contributed by atoms with E-state index in [-0.39, 0.29) is 5.56 Å². The number of aryl methyl sites for hydroxylation is 3. The number of rotatable bonds is 3. The summed E-state index contributed by atoms with van der Waals surface area (Å²) in [6, 6.07) is 28.9. The Balaban J connectivity index is 1.63. The highest BCUT2D eigenvalue weighted by molar-refractivity contribution is 6.30. The van der Waals surface area contributed by atoms with Crippen molar-refractivity contribution in [3.63, 3.8) is 0 Å². The van der Waals surface area contributed by atoms with Gasteiger partial charge < -0.3 is 14.8 Å². The second kappa shape index (κ2) is 8.65. The van der Waals surface area contributed by atoms with Gasteiger partial charge in [-0.2, -0.15) is 0 Å². The Morgan fingerprint density at radius 1 is 0.900 bits per heavy atom. The highest BCUT2D eigenvalue weighted by Gasteiger charge is 2.73. The first kappa shape index (κ1) is 24.8. The number of fused-ring (bicyclic) bond motifs is 5. The maximum Gasteiger partial charge on any atom is 0.255 e. The maximum absolute atomic E-state index is 14.1. The Hall–Kier alpha value is -4.19. The Morgan fingerprint density at radius 2 is 1.60 bits per heavy atom. The van der Waals surface area contributed by atoms with Gasteiger partial charge in [-0.3, -0.25) is 4.79 Å². The normalized spacial score (nSPS) is 22.4. The van der Waals surface area contributed by atoms with E-state index in [1.165, 1.54) is 0 Å². The van der Waals surface area contributed by atoms with Crippen molar-refractivity contribution in [2.45, 2.75) is 37.9 Å². The van der Waals surface area contributed by atoms with Gasteiger partial charge in [0.25, 0.3) is 5.56 Å². The lowest BCUT2D eigenvalue weighted by Crippen LogP contribution is -2.49. The average molecular weight is 547 g/mol. The van der Waals surface area contributed by atoms with Gasteiger partial charge in [0.05, 0.1) is 17.2 Å². The fraction of sp³-hybridized carbons (Fsp3) is 0.176. The third-order valence-electron chi connectivity index (χ3n) is 8.34. The Bertz CT molecular complexity index is 1850. The molecule has 0 amide bonds. The van der Waals surface area contributed by atoms with Crippen LogP contribution in [-0.4, -0.2) is 15.1 Å². The van der Waals surface area contributed by atoms with Crippen molar-refractivity contribution in [2.75, 3.05) is 0 Å². The van der Waals surface area contributed by atoms with E-state index in [1.807, 2.05) is 99.6 Å². The summed E-state index contributed by atoms with van der Waals surface area (Å²) in [5, 5.41) is 13.9. The van der Waals surface area contributed by atoms with Crippen LogP contribution in [0.3, 0.4) is 0 Å². The Kier molecular flexibility index (Phi) is 5.37. The van der Waals surface area contributed by atoms with Crippen LogP contribution in [0.2, 0.25) is 5.02 Å². The Morgan fingerprint density at radius 3 is 2.30 bits per heavy atom. The van der Waals surface area contributed by atoms with Gasteiger partial charge >= 0.3 is 0 Å². The topological polar surface area (TPSA) is 75.2 Å². The molecule has 0 bridgehead atoms. The number of H-pyrrole nitrogens is 1. The standard InChI is InChI=1S/C34H27ClN2O3/c1-19-9-13-24(14-10-19)34-29(22-7-5-4-6-8-22)27-30(33(34,39)28-21(3)17-20(2)18-26(28)40-34)36-31(37-32(27)38)23-11-15-25(35)16-12-23/h4-18,29,39H,1-3H3,(H,36,37,38)/t29-,33+,34+/m1/s1. The molecular formula is C34H27ClN2O3. The number of ether oxygens (including phenoxy) is 1. The van der Waals surface area contributed by atoms with Gasteiger partial charge in [0.1, 0.15) is 11.6 Å². The van der Waals surface area contributed by atoms with Crippen LogP contribution < -0.4 is 10.3 Å².